The second-order valence-corrected chi connectivity index (χ2v) is 9.25. The van der Waals surface area contributed by atoms with Gasteiger partial charge in [0.05, 0.1) is 33.8 Å². The normalized spacial score (nSPS) is 14.6. The number of fused-ring (bicyclic) bond motifs is 2. The summed E-state index contributed by atoms with van der Waals surface area (Å²) < 4.78 is 7.95. The number of ketones is 1. The third-order valence-electron chi connectivity index (χ3n) is 6.60. The topological polar surface area (TPSA) is 76.8 Å². The molecule has 0 N–H and O–H groups in total. The number of aryl methyl sites for hydroxylation is 3. The lowest BCUT2D eigenvalue weighted by molar-refractivity contribution is -0.114. The van der Waals surface area contributed by atoms with Gasteiger partial charge in [-0.1, -0.05) is 65.7 Å². The van der Waals surface area contributed by atoms with E-state index in [0.717, 1.165) is 16.8 Å². The van der Waals surface area contributed by atoms with Crippen LogP contribution in [0.2, 0.25) is 0 Å². The first-order valence-electron chi connectivity index (χ1n) is 12.0. The third-order valence-corrected chi connectivity index (χ3v) is 6.60. The van der Waals surface area contributed by atoms with Crippen molar-refractivity contribution in [1.82, 2.24) is 9.78 Å². The van der Waals surface area contributed by atoms with Crippen molar-refractivity contribution in [3.8, 4) is 11.6 Å². The van der Waals surface area contributed by atoms with Crippen molar-refractivity contribution in [3.63, 3.8) is 0 Å². The Bertz CT molecular complexity index is 1610. The fourth-order valence-corrected chi connectivity index (χ4v) is 4.67. The molecule has 2 aliphatic heterocycles. The van der Waals surface area contributed by atoms with Gasteiger partial charge in [-0.15, -0.1) is 0 Å². The van der Waals surface area contributed by atoms with Crippen LogP contribution in [0.1, 0.15) is 32.7 Å². The predicted octanol–water partition coefficient (Wildman–Crippen LogP) is 5.23. The summed E-state index contributed by atoms with van der Waals surface area (Å²) in [7, 11) is 0. The molecule has 6 rings (SSSR count). The van der Waals surface area contributed by atoms with E-state index < -0.39 is 0 Å². The number of carbonyl (C=O) groups is 2. The Morgan fingerprint density at radius 1 is 0.838 bits per heavy atom. The number of hydrazone groups is 1. The van der Waals surface area contributed by atoms with Crippen LogP contribution in [-0.4, -0.2) is 33.8 Å². The summed E-state index contributed by atoms with van der Waals surface area (Å²) in [6, 6.07) is 24.4. The molecule has 0 radical (unpaired) electrons. The van der Waals surface area contributed by atoms with Crippen LogP contribution in [0, 0.1) is 20.8 Å². The summed E-state index contributed by atoms with van der Waals surface area (Å²) in [5.74, 6) is -0.224. The van der Waals surface area contributed by atoms with Crippen LogP contribution in [0.3, 0.4) is 0 Å². The predicted molar refractivity (Wildman–Crippen MR) is 142 cm³/mol. The van der Waals surface area contributed by atoms with Crippen molar-refractivity contribution < 1.29 is 14.3 Å². The molecular weight excluding hydrogens is 464 g/mol. The molecule has 1 aromatic heterocycles. The molecule has 0 saturated heterocycles. The van der Waals surface area contributed by atoms with Crippen LogP contribution in [0.25, 0.3) is 11.3 Å². The summed E-state index contributed by atoms with van der Waals surface area (Å²) in [6.45, 7) is 5.85. The summed E-state index contributed by atoms with van der Waals surface area (Å²) in [4.78, 5) is 27.9. The van der Waals surface area contributed by atoms with Crippen LogP contribution in [0.15, 0.2) is 89.5 Å². The van der Waals surface area contributed by atoms with Crippen molar-refractivity contribution in [2.24, 2.45) is 5.10 Å². The summed E-state index contributed by atoms with van der Waals surface area (Å²) in [5.41, 5.74) is 6.11. The average Bonchev–Trinajstić information content (AvgIpc) is 3.34. The number of allylic oxidation sites excluding steroid dienone is 1. The van der Waals surface area contributed by atoms with Crippen LogP contribution in [0.4, 0.5) is 5.69 Å². The highest BCUT2D eigenvalue weighted by Crippen LogP contribution is 2.40. The Kier molecular flexibility index (Phi) is 5.34. The molecule has 0 aliphatic carbocycles. The number of Topliss-reactive ketones (excluding diaryl/α,β-unsaturated/α-hetero) is 1. The van der Waals surface area contributed by atoms with E-state index in [-0.39, 0.29) is 29.4 Å². The minimum atomic E-state index is -0.364. The van der Waals surface area contributed by atoms with E-state index in [9.17, 15) is 9.59 Å². The molecule has 2 aliphatic rings. The second kappa shape index (κ2) is 8.71. The lowest BCUT2D eigenvalue weighted by atomic mass is 9.90. The summed E-state index contributed by atoms with van der Waals surface area (Å²) >= 11 is 0. The minimum Gasteiger partial charge on any atom is -0.471 e. The first kappa shape index (κ1) is 22.7. The van der Waals surface area contributed by atoms with Gasteiger partial charge in [-0.25, -0.2) is 4.68 Å². The smallest absolute Gasteiger partial charge is 0.281 e. The molecular formula is C30H24N4O3. The maximum atomic E-state index is 14.1. The molecule has 7 nitrogen and oxygen atoms in total. The number of amides is 1. The van der Waals surface area contributed by atoms with Gasteiger partial charge >= 0.3 is 0 Å². The number of carbonyl (C=O) groups excluding carboxylic acids is 2. The van der Waals surface area contributed by atoms with Crippen molar-refractivity contribution in [3.05, 3.63) is 112 Å². The Balaban J connectivity index is 1.58. The molecule has 0 saturated carbocycles. The standard InChI is InChI=1S/C30H24N4O3/c1-18-9-13-22(14-10-18)33-29(36)26-24(32-33)17-37-30-25(27(26)28(35)21-7-5-4-6-8-21)20(3)31-34(30)23-15-11-19(2)12-16-23/h4-16H,17H2,1-3H3. The van der Waals surface area contributed by atoms with Crippen LogP contribution in [-0.2, 0) is 4.79 Å². The van der Waals surface area contributed by atoms with Crippen molar-refractivity contribution >= 4 is 28.7 Å². The molecule has 0 atom stereocenters. The Hall–Kier alpha value is -4.78. The maximum Gasteiger partial charge on any atom is 0.281 e. The fraction of sp³-hybridized carbons (Fsp3) is 0.133. The van der Waals surface area contributed by atoms with Gasteiger partial charge in [0.15, 0.2) is 5.78 Å². The van der Waals surface area contributed by atoms with Crippen LogP contribution in [0.5, 0.6) is 5.88 Å². The molecule has 3 aromatic carbocycles. The Labute approximate surface area is 214 Å². The summed E-state index contributed by atoms with van der Waals surface area (Å²) in [5, 5.41) is 10.7. The molecule has 182 valence electrons. The number of hydrogen-bond acceptors (Lipinski definition) is 5. The minimum absolute atomic E-state index is 0.0268. The molecule has 4 aromatic rings. The zero-order valence-corrected chi connectivity index (χ0v) is 20.7. The third kappa shape index (κ3) is 3.76. The van der Waals surface area contributed by atoms with E-state index in [0.29, 0.717) is 34.1 Å². The van der Waals surface area contributed by atoms with Gasteiger partial charge in [-0.05, 0) is 45.0 Å². The Morgan fingerprint density at radius 3 is 2.11 bits per heavy atom. The van der Waals surface area contributed by atoms with Gasteiger partial charge in [0.2, 0.25) is 5.88 Å². The van der Waals surface area contributed by atoms with E-state index in [1.807, 2.05) is 75.4 Å². The van der Waals surface area contributed by atoms with Gasteiger partial charge in [0, 0.05) is 5.56 Å². The first-order valence-corrected chi connectivity index (χ1v) is 12.0. The van der Waals surface area contributed by atoms with E-state index in [4.69, 9.17) is 9.84 Å². The van der Waals surface area contributed by atoms with Gasteiger partial charge in [-0.3, -0.25) is 9.59 Å². The highest BCUT2D eigenvalue weighted by atomic mass is 16.5. The zero-order valence-electron chi connectivity index (χ0n) is 20.7. The van der Waals surface area contributed by atoms with Crippen molar-refractivity contribution in [2.45, 2.75) is 20.8 Å². The molecule has 3 heterocycles. The van der Waals surface area contributed by atoms with E-state index in [2.05, 4.69) is 5.10 Å². The lowest BCUT2D eigenvalue weighted by Gasteiger charge is -2.14. The van der Waals surface area contributed by atoms with Crippen LogP contribution >= 0.6 is 0 Å². The monoisotopic (exact) mass is 488 g/mol. The molecule has 0 fully saturated rings. The van der Waals surface area contributed by atoms with E-state index in [1.54, 1.807) is 28.9 Å². The fourth-order valence-electron chi connectivity index (χ4n) is 4.67. The molecule has 7 heteroatoms. The molecule has 0 spiro atoms. The number of benzene rings is 3. The molecule has 0 unspecified atom stereocenters. The van der Waals surface area contributed by atoms with Crippen LogP contribution < -0.4 is 9.75 Å². The van der Waals surface area contributed by atoms with Gasteiger partial charge in [0.1, 0.15) is 12.3 Å². The van der Waals surface area contributed by atoms with E-state index in [1.165, 1.54) is 5.01 Å². The quantitative estimate of drug-likeness (QED) is 0.369. The number of rotatable bonds is 4. The second-order valence-electron chi connectivity index (χ2n) is 9.25. The maximum absolute atomic E-state index is 14.1. The van der Waals surface area contributed by atoms with Crippen molar-refractivity contribution in [1.29, 1.82) is 0 Å². The van der Waals surface area contributed by atoms with Crippen molar-refractivity contribution in [2.75, 3.05) is 11.6 Å². The zero-order chi connectivity index (χ0) is 25.7. The summed E-state index contributed by atoms with van der Waals surface area (Å²) in [6.07, 6.45) is 0. The lowest BCUT2D eigenvalue weighted by Crippen LogP contribution is -2.23. The SMILES string of the molecule is Cc1ccc(N2N=C3COc4c(c(C)nn4-c4ccc(C)cc4)C(C(=O)c4ccccc4)=C3C2=O)cc1. The molecule has 1 amide bonds. The largest absolute Gasteiger partial charge is 0.471 e. The molecule has 37 heavy (non-hydrogen) atoms. The first-order chi connectivity index (χ1) is 17.9. The number of hydrogen-bond donors (Lipinski definition) is 0. The number of aromatic nitrogens is 2. The van der Waals surface area contributed by atoms with Gasteiger partial charge < -0.3 is 4.74 Å². The number of anilines is 1. The Morgan fingerprint density at radius 2 is 1.46 bits per heavy atom. The number of ether oxygens (including phenoxy) is 1. The van der Waals surface area contributed by atoms with Gasteiger partial charge in [0.25, 0.3) is 5.91 Å². The highest BCUT2D eigenvalue weighted by Gasteiger charge is 2.41. The average molecular weight is 489 g/mol. The van der Waals surface area contributed by atoms with E-state index >= 15 is 0 Å². The van der Waals surface area contributed by atoms with Gasteiger partial charge in [-0.2, -0.15) is 15.2 Å². The molecule has 0 bridgehead atoms. The highest BCUT2D eigenvalue weighted by molar-refractivity contribution is 6.45. The number of nitrogens with zero attached hydrogens (tertiary/aromatic N) is 4.